The Balaban J connectivity index is 1.60. The van der Waals surface area contributed by atoms with Gasteiger partial charge in [0.2, 0.25) is 0 Å². The molecular weight excluding hydrogens is 340 g/mol. The molecule has 4 heteroatoms. The number of rotatable bonds is 3. The van der Waals surface area contributed by atoms with Crippen molar-refractivity contribution in [1.29, 1.82) is 0 Å². The van der Waals surface area contributed by atoms with Crippen molar-refractivity contribution in [2.24, 2.45) is 23.7 Å². The molecule has 3 fully saturated rings. The molecule has 4 rings (SSSR count). The lowest BCUT2D eigenvalue weighted by Crippen LogP contribution is -2.38. The Morgan fingerprint density at radius 3 is 1.96 bits per heavy atom. The molecule has 0 radical (unpaired) electrons. The lowest BCUT2D eigenvalue weighted by atomic mass is 9.60. The maximum absolute atomic E-state index is 14.4. The summed E-state index contributed by atoms with van der Waals surface area (Å²) in [7, 11) is 0. The zero-order chi connectivity index (χ0) is 18.5. The molecule has 1 aromatic carbocycles. The number of benzene rings is 1. The Morgan fingerprint density at radius 2 is 1.42 bits per heavy atom. The predicted molar refractivity (Wildman–Crippen MR) is 94.2 cm³/mol. The van der Waals surface area contributed by atoms with Crippen LogP contribution in [0.4, 0.5) is 17.6 Å². The molecule has 2 atom stereocenters. The third-order valence-electron chi connectivity index (χ3n) is 7.74. The van der Waals surface area contributed by atoms with Gasteiger partial charge in [0.25, 0.3) is 5.92 Å². The van der Waals surface area contributed by atoms with E-state index in [2.05, 4.69) is 0 Å². The van der Waals surface area contributed by atoms with Crippen molar-refractivity contribution in [2.45, 2.75) is 76.0 Å². The van der Waals surface area contributed by atoms with E-state index >= 15 is 0 Å². The fourth-order valence-electron chi connectivity index (χ4n) is 6.14. The maximum atomic E-state index is 14.4. The molecule has 0 spiro atoms. The average Bonchev–Trinajstić information content (AvgIpc) is 3.16. The molecule has 26 heavy (non-hydrogen) atoms. The molecule has 3 aliphatic rings. The molecule has 0 saturated heterocycles. The van der Waals surface area contributed by atoms with Gasteiger partial charge in [-0.2, -0.15) is 0 Å². The molecule has 1 aromatic rings. The van der Waals surface area contributed by atoms with Gasteiger partial charge in [-0.05, 0) is 55.2 Å². The van der Waals surface area contributed by atoms with E-state index in [-0.39, 0.29) is 0 Å². The summed E-state index contributed by atoms with van der Waals surface area (Å²) in [5, 5.41) is 0. The first-order chi connectivity index (χ1) is 12.4. The zero-order valence-electron chi connectivity index (χ0n) is 15.4. The first-order valence-corrected chi connectivity index (χ1v) is 10.2. The largest absolute Gasteiger partial charge is 0.255 e. The Hall–Kier alpha value is -1.06. The van der Waals surface area contributed by atoms with Crippen LogP contribution in [0.1, 0.15) is 70.3 Å². The summed E-state index contributed by atoms with van der Waals surface area (Å²) in [4.78, 5) is 0. The average molecular weight is 368 g/mol. The Bertz CT molecular complexity index is 654. The summed E-state index contributed by atoms with van der Waals surface area (Å²) in [5.74, 6) is -4.61. The molecule has 144 valence electrons. The predicted octanol–water partition coefficient (Wildman–Crippen LogP) is 6.87. The number of hydrogen-bond donors (Lipinski definition) is 0. The summed E-state index contributed by atoms with van der Waals surface area (Å²) in [6.45, 7) is 1.60. The van der Waals surface area contributed by atoms with Crippen molar-refractivity contribution in [1.82, 2.24) is 0 Å². The van der Waals surface area contributed by atoms with Crippen LogP contribution in [0.5, 0.6) is 0 Å². The fourth-order valence-corrected chi connectivity index (χ4v) is 6.14. The topological polar surface area (TPSA) is 0 Å². The first kappa shape index (κ1) is 18.3. The monoisotopic (exact) mass is 368 g/mol. The van der Waals surface area contributed by atoms with Crippen LogP contribution in [0.2, 0.25) is 0 Å². The Kier molecular flexibility index (Phi) is 4.60. The van der Waals surface area contributed by atoms with Crippen LogP contribution in [0.15, 0.2) is 18.2 Å². The van der Waals surface area contributed by atoms with E-state index in [1.807, 2.05) is 0 Å². The van der Waals surface area contributed by atoms with E-state index in [4.69, 9.17) is 0 Å². The lowest BCUT2D eigenvalue weighted by Gasteiger charge is -2.44. The molecule has 3 saturated carbocycles. The van der Waals surface area contributed by atoms with E-state index < -0.39 is 34.8 Å². The number of alkyl halides is 2. The maximum Gasteiger partial charge on any atom is 0.255 e. The Morgan fingerprint density at radius 1 is 0.846 bits per heavy atom. The smallest absolute Gasteiger partial charge is 0.206 e. The third-order valence-corrected chi connectivity index (χ3v) is 7.74. The molecule has 0 unspecified atom stereocenters. The van der Waals surface area contributed by atoms with E-state index in [1.165, 1.54) is 38.2 Å². The quantitative estimate of drug-likeness (QED) is 0.510. The van der Waals surface area contributed by atoms with Gasteiger partial charge in [-0.1, -0.05) is 45.1 Å². The van der Waals surface area contributed by atoms with Gasteiger partial charge in [-0.15, -0.1) is 0 Å². The van der Waals surface area contributed by atoms with Crippen LogP contribution in [-0.2, 0) is 5.41 Å². The molecule has 0 bridgehead atoms. The van der Waals surface area contributed by atoms with Crippen molar-refractivity contribution in [3.63, 3.8) is 0 Å². The van der Waals surface area contributed by atoms with Gasteiger partial charge in [0.05, 0.1) is 0 Å². The molecular formula is C22H28F4. The SMILES string of the molecule is C[C@@H]1[C@@H]([C@]2(c3ccc(F)c(F)c3)CC[C@H](C3CCCCC3)CC2)C1(F)F. The minimum absolute atomic E-state index is 0.576. The highest BCUT2D eigenvalue weighted by Gasteiger charge is 2.73. The number of halogens is 4. The van der Waals surface area contributed by atoms with Gasteiger partial charge < -0.3 is 0 Å². The second kappa shape index (κ2) is 6.53. The zero-order valence-corrected chi connectivity index (χ0v) is 15.4. The van der Waals surface area contributed by atoms with Crippen molar-refractivity contribution in [3.05, 3.63) is 35.4 Å². The minimum atomic E-state index is -2.69. The molecule has 0 N–H and O–H groups in total. The minimum Gasteiger partial charge on any atom is -0.206 e. The summed E-state index contributed by atoms with van der Waals surface area (Å²) in [6, 6.07) is 3.82. The van der Waals surface area contributed by atoms with Crippen LogP contribution < -0.4 is 0 Å². The van der Waals surface area contributed by atoms with Crippen molar-refractivity contribution in [2.75, 3.05) is 0 Å². The van der Waals surface area contributed by atoms with E-state index in [0.717, 1.165) is 24.8 Å². The van der Waals surface area contributed by atoms with Crippen LogP contribution in [0.3, 0.4) is 0 Å². The highest BCUT2D eigenvalue weighted by Crippen LogP contribution is 2.67. The fraction of sp³-hybridized carbons (Fsp3) is 0.727. The summed E-state index contributed by atoms with van der Waals surface area (Å²) >= 11 is 0. The molecule has 0 heterocycles. The molecule has 0 aromatic heterocycles. The van der Waals surface area contributed by atoms with Gasteiger partial charge in [0.1, 0.15) is 0 Å². The van der Waals surface area contributed by atoms with Crippen LogP contribution in [0.25, 0.3) is 0 Å². The third kappa shape index (κ3) is 2.88. The summed E-state index contributed by atoms with van der Waals surface area (Å²) in [6.07, 6.45) is 9.62. The van der Waals surface area contributed by atoms with Gasteiger partial charge in [0, 0.05) is 17.3 Å². The molecule has 0 amide bonds. The lowest BCUT2D eigenvalue weighted by molar-refractivity contribution is 0.0502. The van der Waals surface area contributed by atoms with Gasteiger partial charge in [-0.3, -0.25) is 0 Å². The molecule has 0 nitrogen and oxygen atoms in total. The normalized spacial score (nSPS) is 37.5. The second-order valence-corrected chi connectivity index (χ2v) is 8.96. The van der Waals surface area contributed by atoms with Gasteiger partial charge in [-0.25, -0.2) is 17.6 Å². The highest BCUT2D eigenvalue weighted by molar-refractivity contribution is 5.34. The summed E-state index contributed by atoms with van der Waals surface area (Å²) < 4.78 is 56.0. The van der Waals surface area contributed by atoms with Crippen LogP contribution in [0, 0.1) is 35.3 Å². The molecule has 0 aliphatic heterocycles. The second-order valence-electron chi connectivity index (χ2n) is 8.96. The van der Waals surface area contributed by atoms with Crippen molar-refractivity contribution in [3.8, 4) is 0 Å². The first-order valence-electron chi connectivity index (χ1n) is 10.2. The summed E-state index contributed by atoms with van der Waals surface area (Å²) in [5.41, 5.74) is -0.129. The van der Waals surface area contributed by atoms with Crippen LogP contribution in [-0.4, -0.2) is 5.92 Å². The van der Waals surface area contributed by atoms with E-state index in [0.29, 0.717) is 24.3 Å². The van der Waals surface area contributed by atoms with E-state index in [1.54, 1.807) is 13.0 Å². The van der Waals surface area contributed by atoms with Crippen LogP contribution >= 0.6 is 0 Å². The molecule has 3 aliphatic carbocycles. The van der Waals surface area contributed by atoms with Crippen molar-refractivity contribution < 1.29 is 17.6 Å². The van der Waals surface area contributed by atoms with E-state index in [9.17, 15) is 17.6 Å². The standard InChI is InChI=1S/C22H28F4/c1-14-20(22(14,25)26)21(17-7-8-18(23)19(24)13-17)11-9-16(10-12-21)15-5-3-2-4-6-15/h7-8,13-16,20H,2-6,9-12H2,1H3/t14-,16-,20+,21+/m1/s1. The van der Waals surface area contributed by atoms with Gasteiger partial charge in [0.15, 0.2) is 11.6 Å². The van der Waals surface area contributed by atoms with Crippen molar-refractivity contribution >= 4 is 0 Å². The Labute approximate surface area is 153 Å². The highest BCUT2D eigenvalue weighted by atomic mass is 19.3. The number of hydrogen-bond acceptors (Lipinski definition) is 0. The van der Waals surface area contributed by atoms with Gasteiger partial charge >= 0.3 is 0 Å².